The molecule has 0 fully saturated rings. The highest BCUT2D eigenvalue weighted by atomic mass is 16.4. The highest BCUT2D eigenvalue weighted by molar-refractivity contribution is 5.83. The first kappa shape index (κ1) is 13.5. The zero-order valence-electron chi connectivity index (χ0n) is 9.77. The maximum absolute atomic E-state index is 11.6. The Morgan fingerprint density at radius 2 is 2.07 bits per heavy atom. The Morgan fingerprint density at radius 3 is 2.40 bits per heavy atom. The third-order valence-corrected chi connectivity index (χ3v) is 2.15. The molecule has 3 N–H and O–H groups in total. The molecule has 1 unspecified atom stereocenters. The van der Waals surface area contributed by atoms with Crippen molar-refractivity contribution in [3.8, 4) is 0 Å². The average Bonchev–Trinajstić information content (AvgIpc) is 2.22. The second-order valence-corrected chi connectivity index (χ2v) is 3.64. The predicted molar refractivity (Wildman–Crippen MR) is 58.9 cm³/mol. The van der Waals surface area contributed by atoms with Gasteiger partial charge in [-0.3, -0.25) is 0 Å². The van der Waals surface area contributed by atoms with Gasteiger partial charge in [-0.15, -0.1) is 0 Å². The summed E-state index contributed by atoms with van der Waals surface area (Å²) in [5.74, 6) is -0.0149. The van der Waals surface area contributed by atoms with Gasteiger partial charge in [0.15, 0.2) is 0 Å². The molecule has 0 aliphatic heterocycles. The maximum Gasteiger partial charge on any atom is 0.319 e. The first-order valence-electron chi connectivity index (χ1n) is 4.87. The predicted octanol–water partition coefficient (Wildman–Crippen LogP) is 0.372. The van der Waals surface area contributed by atoms with E-state index in [4.69, 9.17) is 10.9 Å². The highest BCUT2D eigenvalue weighted by Crippen LogP contribution is 2.02. The van der Waals surface area contributed by atoms with Crippen LogP contribution in [0.4, 0.5) is 4.79 Å². The summed E-state index contributed by atoms with van der Waals surface area (Å²) in [6, 6.07) is -0.0740. The zero-order chi connectivity index (χ0) is 12.0. The number of carbonyl (C=O) groups is 1. The van der Waals surface area contributed by atoms with Crippen LogP contribution in [0.1, 0.15) is 13.8 Å². The molecule has 0 bridgehead atoms. The van der Waals surface area contributed by atoms with Gasteiger partial charge in [-0.2, -0.15) is 0 Å². The van der Waals surface area contributed by atoms with E-state index in [9.17, 15) is 4.79 Å². The Morgan fingerprint density at radius 1 is 1.53 bits per heavy atom. The molecule has 6 nitrogen and oxygen atoms in total. The number of rotatable bonds is 4. The summed E-state index contributed by atoms with van der Waals surface area (Å²) in [5.41, 5.74) is 5.44. The lowest BCUT2D eigenvalue weighted by Crippen LogP contribution is -2.43. The third kappa shape index (κ3) is 4.05. The van der Waals surface area contributed by atoms with Gasteiger partial charge in [-0.05, 0) is 6.92 Å². The molecule has 88 valence electrons. The van der Waals surface area contributed by atoms with E-state index in [1.165, 1.54) is 4.90 Å². The molecule has 0 aromatic rings. The van der Waals surface area contributed by atoms with Crippen LogP contribution in [0.25, 0.3) is 0 Å². The van der Waals surface area contributed by atoms with Gasteiger partial charge in [-0.25, -0.2) is 4.79 Å². The molecule has 0 spiro atoms. The Labute approximate surface area is 90.3 Å². The van der Waals surface area contributed by atoms with Gasteiger partial charge in [0.25, 0.3) is 0 Å². The number of nitrogens with zero attached hydrogens (tertiary/aromatic N) is 3. The van der Waals surface area contributed by atoms with E-state index < -0.39 is 0 Å². The first-order chi connectivity index (χ1) is 6.93. The normalized spacial score (nSPS) is 13.5. The quantitative estimate of drug-likeness (QED) is 0.308. The lowest BCUT2D eigenvalue weighted by atomic mass is 10.1. The van der Waals surface area contributed by atoms with E-state index in [-0.39, 0.29) is 17.8 Å². The molecule has 1 atom stereocenters. The molecule has 2 amide bonds. The Hall–Kier alpha value is -1.46. The molecule has 15 heavy (non-hydrogen) atoms. The molecule has 0 saturated carbocycles. The molecule has 0 aromatic carbocycles. The van der Waals surface area contributed by atoms with Crippen molar-refractivity contribution in [2.45, 2.75) is 13.8 Å². The number of urea groups is 1. The van der Waals surface area contributed by atoms with Crippen LogP contribution in [0.3, 0.4) is 0 Å². The van der Waals surface area contributed by atoms with E-state index in [2.05, 4.69) is 5.16 Å². The number of amides is 2. The Balaban J connectivity index is 4.40. The van der Waals surface area contributed by atoms with E-state index in [0.29, 0.717) is 13.1 Å². The second kappa shape index (κ2) is 6.10. The van der Waals surface area contributed by atoms with Crippen LogP contribution < -0.4 is 5.73 Å². The number of hydrogen-bond donors (Lipinski definition) is 2. The van der Waals surface area contributed by atoms with E-state index in [0.717, 1.165) is 0 Å². The Bertz CT molecular complexity index is 240. The fraction of sp³-hybridized carbons (Fsp3) is 0.778. The number of carbonyl (C=O) groups excluding carboxylic acids is 1. The number of oxime groups is 1. The number of amidine groups is 1. The van der Waals surface area contributed by atoms with Crippen LogP contribution in [-0.2, 0) is 0 Å². The third-order valence-electron chi connectivity index (χ3n) is 2.15. The van der Waals surface area contributed by atoms with Gasteiger partial charge >= 0.3 is 6.03 Å². The van der Waals surface area contributed by atoms with Crippen LogP contribution in [0.5, 0.6) is 0 Å². The molecule has 0 aliphatic carbocycles. The summed E-state index contributed by atoms with van der Waals surface area (Å²) < 4.78 is 0. The second-order valence-electron chi connectivity index (χ2n) is 3.64. The standard InChI is InChI=1S/C9H20N4O2/c1-5-13(9(14)12(3)4)6-7(2)8(10)11-15/h7,15H,5-6H2,1-4H3,(H2,10,11). The van der Waals surface area contributed by atoms with Crippen molar-refractivity contribution in [1.82, 2.24) is 9.80 Å². The largest absolute Gasteiger partial charge is 0.409 e. The lowest BCUT2D eigenvalue weighted by Gasteiger charge is -2.26. The molecule has 6 heteroatoms. The van der Waals surface area contributed by atoms with E-state index >= 15 is 0 Å². The van der Waals surface area contributed by atoms with Gasteiger partial charge in [0, 0.05) is 33.1 Å². The number of nitrogens with two attached hydrogens (primary N) is 1. The summed E-state index contributed by atoms with van der Waals surface area (Å²) in [7, 11) is 3.39. The maximum atomic E-state index is 11.6. The molecule has 0 aromatic heterocycles. The lowest BCUT2D eigenvalue weighted by molar-refractivity contribution is 0.170. The zero-order valence-corrected chi connectivity index (χ0v) is 9.77. The molecular weight excluding hydrogens is 196 g/mol. The van der Waals surface area contributed by atoms with Crippen LogP contribution >= 0.6 is 0 Å². The summed E-state index contributed by atoms with van der Waals surface area (Å²) in [4.78, 5) is 14.8. The van der Waals surface area contributed by atoms with E-state index in [1.54, 1.807) is 25.9 Å². The van der Waals surface area contributed by atoms with Crippen LogP contribution in [0.2, 0.25) is 0 Å². The SMILES string of the molecule is CCN(CC(C)C(N)=NO)C(=O)N(C)C. The van der Waals surface area contributed by atoms with Crippen molar-refractivity contribution < 1.29 is 10.0 Å². The van der Waals surface area contributed by atoms with Crippen molar-refractivity contribution in [1.29, 1.82) is 0 Å². The monoisotopic (exact) mass is 216 g/mol. The first-order valence-corrected chi connectivity index (χ1v) is 4.87. The molecule has 0 aliphatic rings. The molecule has 0 heterocycles. The summed E-state index contributed by atoms with van der Waals surface area (Å²) in [6.45, 7) is 4.74. The minimum absolute atomic E-state index is 0.0740. The van der Waals surface area contributed by atoms with Crippen molar-refractivity contribution in [2.24, 2.45) is 16.8 Å². The smallest absolute Gasteiger partial charge is 0.319 e. The van der Waals surface area contributed by atoms with Crippen LogP contribution in [0, 0.1) is 5.92 Å². The van der Waals surface area contributed by atoms with Crippen molar-refractivity contribution in [2.75, 3.05) is 27.2 Å². The average molecular weight is 216 g/mol. The fourth-order valence-corrected chi connectivity index (χ4v) is 1.15. The fourth-order valence-electron chi connectivity index (χ4n) is 1.15. The van der Waals surface area contributed by atoms with Crippen molar-refractivity contribution in [3.63, 3.8) is 0 Å². The molecule has 0 rings (SSSR count). The molecule has 0 radical (unpaired) electrons. The summed E-state index contributed by atoms with van der Waals surface area (Å²) in [6.07, 6.45) is 0. The van der Waals surface area contributed by atoms with Gasteiger partial charge in [0.1, 0.15) is 5.84 Å². The minimum Gasteiger partial charge on any atom is -0.409 e. The van der Waals surface area contributed by atoms with Gasteiger partial charge in [0.05, 0.1) is 0 Å². The van der Waals surface area contributed by atoms with Crippen molar-refractivity contribution >= 4 is 11.9 Å². The molecular formula is C9H20N4O2. The van der Waals surface area contributed by atoms with Gasteiger partial charge in [0.2, 0.25) is 0 Å². The topological polar surface area (TPSA) is 82.2 Å². The minimum atomic E-state index is -0.154. The number of hydrogen-bond acceptors (Lipinski definition) is 3. The van der Waals surface area contributed by atoms with Crippen LogP contribution in [0.15, 0.2) is 5.16 Å². The van der Waals surface area contributed by atoms with Gasteiger partial charge in [-0.1, -0.05) is 12.1 Å². The highest BCUT2D eigenvalue weighted by Gasteiger charge is 2.18. The summed E-state index contributed by atoms with van der Waals surface area (Å²) in [5, 5.41) is 11.4. The Kier molecular flexibility index (Phi) is 5.51. The molecule has 0 saturated heterocycles. The van der Waals surface area contributed by atoms with Crippen LogP contribution in [-0.4, -0.2) is 54.1 Å². The van der Waals surface area contributed by atoms with Crippen molar-refractivity contribution in [3.05, 3.63) is 0 Å². The summed E-state index contributed by atoms with van der Waals surface area (Å²) >= 11 is 0. The van der Waals surface area contributed by atoms with Gasteiger partial charge < -0.3 is 20.7 Å². The van der Waals surface area contributed by atoms with E-state index in [1.807, 2.05) is 6.92 Å².